The summed E-state index contributed by atoms with van der Waals surface area (Å²) in [5, 5.41) is 8.60. The maximum absolute atomic E-state index is 14.7. The van der Waals surface area contributed by atoms with E-state index in [1.165, 1.54) is 123 Å². The van der Waals surface area contributed by atoms with Crippen LogP contribution in [0.25, 0.3) is 11.1 Å². The topological polar surface area (TPSA) is 144 Å². The molecule has 15 heteroatoms. The molecule has 0 aromatic heterocycles. The molecule has 6 aliphatic heterocycles. The largest absolute Gasteiger partial charge is 0.466 e. The number of hydrogen-bond donors (Lipinski definition) is 1. The van der Waals surface area contributed by atoms with Gasteiger partial charge in [-0.25, -0.2) is 9.15 Å². The number of anilines is 2. The normalized spacial score (nSPS) is 18.8. The first-order chi connectivity index (χ1) is 53.9. The summed E-state index contributed by atoms with van der Waals surface area (Å²) in [5.41, 5.74) is 25.2. The first kappa shape index (κ1) is 82.7. The predicted octanol–water partition coefficient (Wildman–Crippen LogP) is 14.4. The van der Waals surface area contributed by atoms with E-state index in [0.717, 1.165) is 107 Å². The number of ketones is 1. The summed E-state index contributed by atoms with van der Waals surface area (Å²) in [6.07, 6.45) is 15.5. The maximum atomic E-state index is 14.7. The average Bonchev–Trinajstić information content (AvgIpc) is 0.698. The van der Waals surface area contributed by atoms with Gasteiger partial charge >= 0.3 is 5.97 Å². The molecule has 1 N–H and O–H groups in total. The molecule has 2 aliphatic carbocycles. The molecular weight excluding hydrogens is 1400 g/mol. The molecule has 14 rings (SSSR count). The number of rotatable bonds is 26. The van der Waals surface area contributed by atoms with E-state index in [1.807, 2.05) is 64.0 Å². The van der Waals surface area contributed by atoms with Gasteiger partial charge in [-0.2, -0.15) is 0 Å². The van der Waals surface area contributed by atoms with Gasteiger partial charge < -0.3 is 39.1 Å². The number of Topliss-reactive ketones (excluding diaryl/α,β-unsaturated/α-hetero) is 1. The Morgan fingerprint density at radius 3 is 1.41 bits per heavy atom. The van der Waals surface area contributed by atoms with Gasteiger partial charge in [0.15, 0.2) is 5.79 Å². The highest BCUT2D eigenvalue weighted by Crippen LogP contribution is 2.53. The fourth-order valence-corrected chi connectivity index (χ4v) is 21.4. The van der Waals surface area contributed by atoms with Crippen LogP contribution in [-0.2, 0) is 65.1 Å². The van der Waals surface area contributed by atoms with Gasteiger partial charge in [0.1, 0.15) is 32.0 Å². The van der Waals surface area contributed by atoms with E-state index in [1.54, 1.807) is 11.8 Å². The average molecular weight is 1540 g/mol. The molecule has 0 bridgehead atoms. The minimum atomic E-state index is -0.781. The van der Waals surface area contributed by atoms with Crippen LogP contribution in [0.2, 0.25) is 0 Å². The Kier molecular flexibility index (Phi) is 24.5. The summed E-state index contributed by atoms with van der Waals surface area (Å²) in [6, 6.07) is 31.7. The van der Waals surface area contributed by atoms with Crippen LogP contribution in [0.4, 0.5) is 11.4 Å². The zero-order valence-electron chi connectivity index (χ0n) is 71.9. The molecule has 6 aromatic rings. The Hall–Kier alpha value is -8.27. The summed E-state index contributed by atoms with van der Waals surface area (Å²) in [6.45, 7) is 45.3. The first-order valence-corrected chi connectivity index (χ1v) is 43.3. The van der Waals surface area contributed by atoms with Gasteiger partial charge in [-0.1, -0.05) is 91.8 Å². The third kappa shape index (κ3) is 16.2. The first-order valence-electron chi connectivity index (χ1n) is 43.3. The molecule has 6 aromatic carbocycles. The van der Waals surface area contributed by atoms with Crippen molar-refractivity contribution in [3.8, 4) is 0 Å². The summed E-state index contributed by atoms with van der Waals surface area (Å²) < 4.78 is 22.1. The summed E-state index contributed by atoms with van der Waals surface area (Å²) in [7, 11) is 3.75. The highest BCUT2D eigenvalue weighted by atomic mass is 16.7. The highest BCUT2D eigenvalue weighted by molar-refractivity contribution is 6.03. The molecule has 0 spiro atoms. The Bertz CT molecular complexity index is 4970. The van der Waals surface area contributed by atoms with E-state index in [4.69, 9.17) is 14.2 Å². The summed E-state index contributed by atoms with van der Waals surface area (Å²) in [5.74, 6) is 0.0288. The Labute approximate surface area is 674 Å². The van der Waals surface area contributed by atoms with Crippen LogP contribution in [0.15, 0.2) is 84.9 Å². The minimum Gasteiger partial charge on any atom is -0.466 e. The minimum absolute atomic E-state index is 0.0238. The smallest absolute Gasteiger partial charge is 0.305 e. The second-order valence-corrected chi connectivity index (χ2v) is 36.6. The molecule has 2 unspecified atom stereocenters. The summed E-state index contributed by atoms with van der Waals surface area (Å²) in [4.78, 5) is 74.2. The van der Waals surface area contributed by atoms with E-state index < -0.39 is 5.79 Å². The van der Waals surface area contributed by atoms with Crippen LogP contribution < -0.4 is 45.4 Å². The molecule has 0 saturated carbocycles. The lowest BCUT2D eigenvalue weighted by molar-refractivity contribution is -0.214. The summed E-state index contributed by atoms with van der Waals surface area (Å²) >= 11 is 0. The highest BCUT2D eigenvalue weighted by Gasteiger charge is 2.46. The van der Waals surface area contributed by atoms with E-state index in [-0.39, 0.29) is 51.4 Å². The molecular formula is C98H131N7O8+2. The molecule has 2 atom stereocenters. The van der Waals surface area contributed by atoms with Crippen molar-refractivity contribution in [3.05, 3.63) is 195 Å². The maximum Gasteiger partial charge on any atom is 0.305 e. The number of nitrogens with zero attached hydrogens (tertiary/aromatic N) is 6. The van der Waals surface area contributed by atoms with Gasteiger partial charge in [-0.05, 0) is 251 Å². The van der Waals surface area contributed by atoms with Crippen molar-refractivity contribution >= 4 is 52.0 Å². The fourth-order valence-electron chi connectivity index (χ4n) is 21.4. The molecule has 0 saturated heterocycles. The number of carbonyl (C=O) groups is 5. The third-order valence-corrected chi connectivity index (χ3v) is 26.6. The van der Waals surface area contributed by atoms with Crippen molar-refractivity contribution in [2.24, 2.45) is 0 Å². The van der Waals surface area contributed by atoms with Gasteiger partial charge in [0.05, 0.1) is 19.8 Å². The molecule has 8 aliphatic rings. The fraction of sp³-hybridized carbons (Fsp3) is 0.561. The zero-order valence-corrected chi connectivity index (χ0v) is 71.9. The monoisotopic (exact) mass is 1530 g/mol. The van der Waals surface area contributed by atoms with Crippen LogP contribution in [0.3, 0.4) is 0 Å². The number of fused-ring (bicyclic) bond motifs is 8. The van der Waals surface area contributed by atoms with E-state index >= 15 is 0 Å². The zero-order chi connectivity index (χ0) is 80.8. The number of ether oxygens (including phenoxy) is 3. The number of nitrogens with one attached hydrogen (secondary N) is 1. The van der Waals surface area contributed by atoms with E-state index in [0.29, 0.717) is 108 Å². The number of amides is 3. The van der Waals surface area contributed by atoms with Gasteiger partial charge in [-0.3, -0.25) is 24.0 Å². The standard InChI is InChI=1S/C54H74N4O6.C44H56N3O2/c1-11-47(60)62-29-19-31-64-54(8,9)63-30-18-25-55-46(59)24-17-26-56(10)51(61)39-22-14-13-21-38(39)48-42-33-41-36(3)35-52(4,5)58(12-2)45(41)34-44(42)53(6,7)49-40-23-16-28-57-27-15-20-37(50(40)57)32-43(48)49;1-9-30(48)17-14-21-45(8)42(49)32-19-12-11-18-31(32)39-35-25-34-28(3)27-43(4,5)47(10-2)38(34)26-37(35)44(6,7)40-33-20-15-23-46-22-13-16-29(41(33)46)24-36(39)40/h13-14,21-22,32-34,36H,11-12,15-20,23-31,35H2,1-10H3;11-12,18-19,24-26,28H,9-10,13-17,20-23,27H2,1-8H3/q;+1/p+1. The van der Waals surface area contributed by atoms with Gasteiger partial charge in [0.25, 0.3) is 11.8 Å². The molecule has 15 nitrogen and oxygen atoms in total. The molecule has 3 amide bonds. The quantitative estimate of drug-likeness (QED) is 0.0241. The lowest BCUT2D eigenvalue weighted by Crippen LogP contribution is -2.50. The Balaban J connectivity index is 0.000000204. The van der Waals surface area contributed by atoms with Crippen molar-refractivity contribution in [1.29, 1.82) is 0 Å². The molecule has 0 fully saturated rings. The van der Waals surface area contributed by atoms with Gasteiger partial charge in [0.2, 0.25) is 16.6 Å². The SMILES string of the molecule is CCC(=O)CCCN(C)C(=O)c1ccccc1C1=c2cc3c4c(c2C(C)(C)c2cc5c(cc21)C(C)CC(C)(C)N5CC)CCC[N+]=4CCC3.CCC(=O)OCCCOC(C)(C)OCCCNC(=O)CCCN(C)C(=O)c1ccccc1C1=c2cc3c4c(c2C(C)(C)c2cc5c(cc21)C(C)CC(C)(C)N5CC)CCC[N+]=4CCC3. The van der Waals surface area contributed by atoms with Crippen LogP contribution in [-0.4, -0.2) is 149 Å². The number of esters is 1. The predicted molar refractivity (Wildman–Crippen MR) is 457 cm³/mol. The molecule has 113 heavy (non-hydrogen) atoms. The Morgan fingerprint density at radius 2 is 0.965 bits per heavy atom. The third-order valence-electron chi connectivity index (χ3n) is 26.6. The number of benzene rings is 6. The van der Waals surface area contributed by atoms with E-state index in [9.17, 15) is 24.0 Å². The number of hydrogen-bond acceptors (Lipinski definition) is 10. The van der Waals surface area contributed by atoms with Crippen molar-refractivity contribution in [1.82, 2.24) is 24.3 Å². The van der Waals surface area contributed by atoms with Crippen LogP contribution in [0.1, 0.15) is 311 Å². The van der Waals surface area contributed by atoms with E-state index in [2.05, 4.69) is 168 Å². The molecule has 604 valence electrons. The number of aryl methyl sites for hydroxylation is 2. The lowest BCUT2D eigenvalue weighted by atomic mass is 9.64. The van der Waals surface area contributed by atoms with Crippen LogP contribution in [0.5, 0.6) is 0 Å². The van der Waals surface area contributed by atoms with Crippen LogP contribution in [0, 0.1) is 0 Å². The van der Waals surface area contributed by atoms with Gasteiger partial charge in [0, 0.05) is 171 Å². The second-order valence-electron chi connectivity index (χ2n) is 36.6. The second kappa shape index (κ2) is 33.5. The van der Waals surface area contributed by atoms with Crippen molar-refractivity contribution in [2.75, 3.05) is 103 Å². The van der Waals surface area contributed by atoms with Crippen LogP contribution >= 0.6 is 0 Å². The van der Waals surface area contributed by atoms with Crippen molar-refractivity contribution < 1.29 is 38.2 Å². The number of carbonyl (C=O) groups excluding carboxylic acids is 5. The van der Waals surface area contributed by atoms with Gasteiger partial charge in [-0.15, -0.1) is 0 Å². The lowest BCUT2D eigenvalue weighted by Gasteiger charge is -2.48. The van der Waals surface area contributed by atoms with Crippen molar-refractivity contribution in [2.45, 2.75) is 266 Å². The molecule has 0 radical (unpaired) electrons. The Morgan fingerprint density at radius 1 is 0.531 bits per heavy atom. The van der Waals surface area contributed by atoms with Crippen molar-refractivity contribution in [3.63, 3.8) is 0 Å². The molecule has 6 heterocycles.